The first-order valence-corrected chi connectivity index (χ1v) is 6.62. The first kappa shape index (κ1) is 13.1. The van der Waals surface area contributed by atoms with Gasteiger partial charge in [-0.05, 0) is 30.6 Å². The third-order valence-corrected chi connectivity index (χ3v) is 3.80. The van der Waals surface area contributed by atoms with Gasteiger partial charge in [0, 0.05) is 11.6 Å². The third-order valence-electron chi connectivity index (χ3n) is 3.80. The van der Waals surface area contributed by atoms with E-state index in [4.69, 9.17) is 14.2 Å². The molecule has 1 aromatic carbocycles. The van der Waals surface area contributed by atoms with Crippen LogP contribution in [0.3, 0.4) is 0 Å². The van der Waals surface area contributed by atoms with Crippen LogP contribution >= 0.6 is 0 Å². The Morgan fingerprint density at radius 2 is 1.95 bits per heavy atom. The maximum atomic E-state index is 9.53. The second-order valence-electron chi connectivity index (χ2n) is 5.09. The summed E-state index contributed by atoms with van der Waals surface area (Å²) in [7, 11) is 3.22. The fourth-order valence-electron chi connectivity index (χ4n) is 2.87. The van der Waals surface area contributed by atoms with E-state index in [0.717, 1.165) is 23.3 Å². The molecule has 1 atom stereocenters. The van der Waals surface area contributed by atoms with Crippen LogP contribution in [0.15, 0.2) is 29.4 Å². The van der Waals surface area contributed by atoms with Gasteiger partial charge in [-0.25, -0.2) is 0 Å². The van der Waals surface area contributed by atoms with E-state index in [0.29, 0.717) is 11.5 Å². The zero-order valence-corrected chi connectivity index (χ0v) is 11.9. The van der Waals surface area contributed by atoms with Crippen LogP contribution in [0.2, 0.25) is 0 Å². The summed E-state index contributed by atoms with van der Waals surface area (Å²) in [5, 5.41) is 9.53. The van der Waals surface area contributed by atoms with Crippen molar-refractivity contribution in [2.45, 2.75) is 19.4 Å². The molecule has 0 bridgehead atoms. The molecule has 0 saturated carbocycles. The normalized spacial score (nSPS) is 20.0. The van der Waals surface area contributed by atoms with E-state index in [2.05, 4.69) is 13.0 Å². The Morgan fingerprint density at radius 3 is 2.60 bits per heavy atom. The van der Waals surface area contributed by atoms with Crippen LogP contribution in [-0.4, -0.2) is 32.0 Å². The Hall–Kier alpha value is -1.94. The standard InChI is InChI=1S/C16H18O4/c1-9-4-10-11(5-9)16(8-17)20-13-7-15(19-3)14(18-2)6-12(10)13/h5-7,16-17H,4,8H2,1-3H3. The highest BCUT2D eigenvalue weighted by Gasteiger charge is 2.31. The Labute approximate surface area is 118 Å². The summed E-state index contributed by atoms with van der Waals surface area (Å²) in [6, 6.07) is 3.78. The minimum absolute atomic E-state index is 0.0314. The molecule has 1 unspecified atom stereocenters. The van der Waals surface area contributed by atoms with Gasteiger partial charge in [-0.3, -0.25) is 0 Å². The smallest absolute Gasteiger partial charge is 0.164 e. The number of allylic oxidation sites excluding steroid dienone is 2. The average Bonchev–Trinajstić information content (AvgIpc) is 2.86. The highest BCUT2D eigenvalue weighted by Crippen LogP contribution is 2.47. The quantitative estimate of drug-likeness (QED) is 0.920. The minimum atomic E-state index is -0.298. The maximum Gasteiger partial charge on any atom is 0.164 e. The molecule has 1 N–H and O–H groups in total. The topological polar surface area (TPSA) is 47.9 Å². The van der Waals surface area contributed by atoms with Crippen LogP contribution in [0.4, 0.5) is 0 Å². The van der Waals surface area contributed by atoms with Crippen molar-refractivity contribution in [1.29, 1.82) is 0 Å². The first-order chi connectivity index (χ1) is 9.67. The number of rotatable bonds is 3. The Balaban J connectivity index is 2.14. The highest BCUT2D eigenvalue weighted by molar-refractivity contribution is 5.83. The number of fused-ring (bicyclic) bond motifs is 2. The van der Waals surface area contributed by atoms with Crippen molar-refractivity contribution in [3.63, 3.8) is 0 Å². The Morgan fingerprint density at radius 1 is 1.25 bits per heavy atom. The SMILES string of the molecule is COc1cc2c(cc1OC)C1=C(C=C(C)C1)C(CO)O2. The minimum Gasteiger partial charge on any atom is -0.493 e. The summed E-state index contributed by atoms with van der Waals surface area (Å²) < 4.78 is 16.6. The fourth-order valence-corrected chi connectivity index (χ4v) is 2.87. The lowest BCUT2D eigenvalue weighted by molar-refractivity contribution is 0.141. The molecule has 106 valence electrons. The molecular formula is C16H18O4. The molecule has 1 aliphatic carbocycles. The largest absolute Gasteiger partial charge is 0.493 e. The number of ether oxygens (including phenoxy) is 3. The molecule has 2 aliphatic rings. The van der Waals surface area contributed by atoms with Crippen LogP contribution in [-0.2, 0) is 0 Å². The van der Waals surface area contributed by atoms with E-state index < -0.39 is 0 Å². The van der Waals surface area contributed by atoms with Gasteiger partial charge in [-0.15, -0.1) is 0 Å². The molecule has 0 aromatic heterocycles. The molecule has 0 amide bonds. The lowest BCUT2D eigenvalue weighted by atomic mass is 9.94. The molecule has 3 rings (SSSR count). The van der Waals surface area contributed by atoms with E-state index in [-0.39, 0.29) is 12.7 Å². The molecule has 4 nitrogen and oxygen atoms in total. The predicted octanol–water partition coefficient (Wildman–Crippen LogP) is 2.56. The lowest BCUT2D eigenvalue weighted by Crippen LogP contribution is -2.26. The summed E-state index contributed by atoms with van der Waals surface area (Å²) in [6.07, 6.45) is 2.70. The highest BCUT2D eigenvalue weighted by atomic mass is 16.5. The van der Waals surface area contributed by atoms with Crippen molar-refractivity contribution in [3.05, 3.63) is 34.9 Å². The molecule has 20 heavy (non-hydrogen) atoms. The second kappa shape index (κ2) is 4.87. The van der Waals surface area contributed by atoms with Gasteiger partial charge in [-0.1, -0.05) is 11.6 Å². The number of hydrogen-bond donors (Lipinski definition) is 1. The van der Waals surface area contributed by atoms with Gasteiger partial charge >= 0.3 is 0 Å². The van der Waals surface area contributed by atoms with Gasteiger partial charge in [0.2, 0.25) is 0 Å². The van der Waals surface area contributed by atoms with Crippen molar-refractivity contribution in [2.75, 3.05) is 20.8 Å². The van der Waals surface area contributed by atoms with Crippen molar-refractivity contribution < 1.29 is 19.3 Å². The summed E-state index contributed by atoms with van der Waals surface area (Å²) >= 11 is 0. The van der Waals surface area contributed by atoms with E-state index >= 15 is 0 Å². The number of benzene rings is 1. The molecule has 1 aromatic rings. The van der Waals surface area contributed by atoms with Gasteiger partial charge < -0.3 is 19.3 Å². The van der Waals surface area contributed by atoms with E-state index in [1.54, 1.807) is 14.2 Å². The molecule has 0 fully saturated rings. The lowest BCUT2D eigenvalue weighted by Gasteiger charge is -2.27. The van der Waals surface area contributed by atoms with Crippen LogP contribution in [0.5, 0.6) is 17.2 Å². The van der Waals surface area contributed by atoms with Crippen LogP contribution in [0.25, 0.3) is 5.57 Å². The van der Waals surface area contributed by atoms with Gasteiger partial charge in [-0.2, -0.15) is 0 Å². The Bertz CT molecular complexity index is 613. The van der Waals surface area contributed by atoms with Crippen molar-refractivity contribution >= 4 is 5.57 Å². The Kier molecular flexibility index (Phi) is 3.18. The zero-order chi connectivity index (χ0) is 14.3. The number of hydrogen-bond acceptors (Lipinski definition) is 4. The molecular weight excluding hydrogens is 256 g/mol. The van der Waals surface area contributed by atoms with Crippen molar-refractivity contribution in [2.24, 2.45) is 0 Å². The molecule has 0 saturated heterocycles. The molecule has 1 aliphatic heterocycles. The van der Waals surface area contributed by atoms with Gasteiger partial charge in [0.1, 0.15) is 11.9 Å². The van der Waals surface area contributed by atoms with Crippen molar-refractivity contribution in [3.8, 4) is 17.2 Å². The van der Waals surface area contributed by atoms with Gasteiger partial charge in [0.15, 0.2) is 11.5 Å². The van der Waals surface area contributed by atoms with E-state index in [1.807, 2.05) is 12.1 Å². The molecule has 0 spiro atoms. The summed E-state index contributed by atoms with van der Waals surface area (Å²) in [4.78, 5) is 0. The van der Waals surface area contributed by atoms with Crippen LogP contribution in [0.1, 0.15) is 18.9 Å². The molecule has 1 heterocycles. The molecule has 4 heteroatoms. The van der Waals surface area contributed by atoms with Gasteiger partial charge in [0.25, 0.3) is 0 Å². The molecule has 0 radical (unpaired) electrons. The maximum absolute atomic E-state index is 9.53. The van der Waals surface area contributed by atoms with Crippen LogP contribution in [0, 0.1) is 0 Å². The fraction of sp³-hybridized carbons (Fsp3) is 0.375. The summed E-state index contributed by atoms with van der Waals surface area (Å²) in [5.41, 5.74) is 4.59. The van der Waals surface area contributed by atoms with Crippen molar-refractivity contribution in [1.82, 2.24) is 0 Å². The third kappa shape index (κ3) is 1.88. The summed E-state index contributed by atoms with van der Waals surface area (Å²) in [6.45, 7) is 2.06. The zero-order valence-electron chi connectivity index (χ0n) is 11.9. The number of aliphatic hydroxyl groups is 1. The number of methoxy groups -OCH3 is 2. The van der Waals surface area contributed by atoms with E-state index in [9.17, 15) is 5.11 Å². The van der Waals surface area contributed by atoms with Crippen LogP contribution < -0.4 is 14.2 Å². The first-order valence-electron chi connectivity index (χ1n) is 6.62. The monoisotopic (exact) mass is 274 g/mol. The van der Waals surface area contributed by atoms with Gasteiger partial charge in [0.05, 0.1) is 20.8 Å². The predicted molar refractivity (Wildman–Crippen MR) is 76.3 cm³/mol. The average molecular weight is 274 g/mol. The number of aliphatic hydroxyl groups excluding tert-OH is 1. The second-order valence-corrected chi connectivity index (χ2v) is 5.09. The summed E-state index contributed by atoms with van der Waals surface area (Å²) in [5.74, 6) is 2.06. The van der Waals surface area contributed by atoms with E-state index in [1.165, 1.54) is 11.1 Å².